The molecular formula is C19H29NO2. The summed E-state index contributed by atoms with van der Waals surface area (Å²) in [7, 11) is 5.30. The summed E-state index contributed by atoms with van der Waals surface area (Å²) in [5.41, 5.74) is 2.25. The van der Waals surface area contributed by atoms with E-state index < -0.39 is 0 Å². The monoisotopic (exact) mass is 303 g/mol. The molecule has 1 saturated carbocycles. The number of methoxy groups -OCH3 is 1. The fourth-order valence-electron chi connectivity index (χ4n) is 3.39. The van der Waals surface area contributed by atoms with Crippen LogP contribution in [0.2, 0.25) is 0 Å². The Labute approximate surface area is 134 Å². The van der Waals surface area contributed by atoms with Crippen molar-refractivity contribution in [1.29, 1.82) is 0 Å². The van der Waals surface area contributed by atoms with Crippen molar-refractivity contribution in [2.45, 2.75) is 51.4 Å². The van der Waals surface area contributed by atoms with Crippen molar-refractivity contribution in [3.8, 4) is 5.75 Å². The smallest absolute Gasteiger partial charge is 0.226 e. The number of nitrogens with zero attached hydrogens (tertiary/aromatic N) is 1. The van der Waals surface area contributed by atoms with Gasteiger partial charge in [0, 0.05) is 19.7 Å². The highest BCUT2D eigenvalue weighted by Crippen LogP contribution is 2.31. The highest BCUT2D eigenvalue weighted by Gasteiger charge is 2.17. The van der Waals surface area contributed by atoms with E-state index in [2.05, 4.69) is 12.1 Å². The number of ether oxygens (including phenoxy) is 1. The molecule has 122 valence electrons. The van der Waals surface area contributed by atoms with Crippen LogP contribution in [0.4, 0.5) is 0 Å². The van der Waals surface area contributed by atoms with Crippen LogP contribution >= 0.6 is 0 Å². The van der Waals surface area contributed by atoms with Crippen LogP contribution in [0.3, 0.4) is 0 Å². The predicted octanol–water partition coefficient (Wildman–Crippen LogP) is 3.84. The van der Waals surface area contributed by atoms with Gasteiger partial charge in [-0.15, -0.1) is 0 Å². The van der Waals surface area contributed by atoms with Crippen molar-refractivity contribution >= 4 is 5.91 Å². The van der Waals surface area contributed by atoms with E-state index in [1.807, 2.05) is 6.07 Å². The number of hydrogen-bond acceptors (Lipinski definition) is 2. The summed E-state index contributed by atoms with van der Waals surface area (Å²) in [5, 5.41) is 0. The second-order valence-corrected chi connectivity index (χ2v) is 6.62. The van der Waals surface area contributed by atoms with Crippen molar-refractivity contribution in [2.24, 2.45) is 5.92 Å². The largest absolute Gasteiger partial charge is 0.496 e. The molecule has 1 aliphatic carbocycles. The van der Waals surface area contributed by atoms with Crippen LogP contribution in [0.15, 0.2) is 18.2 Å². The van der Waals surface area contributed by atoms with Crippen LogP contribution < -0.4 is 4.74 Å². The highest BCUT2D eigenvalue weighted by molar-refractivity contribution is 5.79. The Morgan fingerprint density at radius 2 is 1.86 bits per heavy atom. The second-order valence-electron chi connectivity index (χ2n) is 6.62. The SMILES string of the molecule is COc1c(CCC2CCCCC2)cccc1CC(=O)N(C)C. The lowest BCUT2D eigenvalue weighted by atomic mass is 9.85. The number of carbonyl (C=O) groups excluding carboxylic acids is 1. The average molecular weight is 303 g/mol. The van der Waals surface area contributed by atoms with E-state index in [9.17, 15) is 4.79 Å². The van der Waals surface area contributed by atoms with E-state index in [0.717, 1.165) is 23.7 Å². The molecule has 0 aromatic heterocycles. The topological polar surface area (TPSA) is 29.5 Å². The van der Waals surface area contributed by atoms with Crippen molar-refractivity contribution in [3.63, 3.8) is 0 Å². The van der Waals surface area contributed by atoms with E-state index in [4.69, 9.17) is 4.74 Å². The molecule has 0 aliphatic heterocycles. The number of benzene rings is 1. The number of para-hydroxylation sites is 1. The average Bonchev–Trinajstić information content (AvgIpc) is 2.53. The fourth-order valence-corrected chi connectivity index (χ4v) is 3.39. The zero-order chi connectivity index (χ0) is 15.9. The van der Waals surface area contributed by atoms with Gasteiger partial charge in [-0.1, -0.05) is 50.3 Å². The van der Waals surface area contributed by atoms with Gasteiger partial charge in [0.1, 0.15) is 5.75 Å². The Hall–Kier alpha value is -1.51. The standard InChI is InChI=1S/C19H29NO2/c1-20(2)18(21)14-17-11-7-10-16(19(17)22-3)13-12-15-8-5-4-6-9-15/h7,10-11,15H,4-6,8-9,12-14H2,1-3H3. The van der Waals surface area contributed by atoms with Crippen LogP contribution in [0.25, 0.3) is 0 Å². The molecule has 1 aromatic carbocycles. The lowest BCUT2D eigenvalue weighted by Crippen LogP contribution is -2.23. The summed E-state index contributed by atoms with van der Waals surface area (Å²) in [5.74, 6) is 1.89. The molecule has 0 heterocycles. The van der Waals surface area contributed by atoms with Crippen molar-refractivity contribution < 1.29 is 9.53 Å². The van der Waals surface area contributed by atoms with Gasteiger partial charge in [-0.3, -0.25) is 4.79 Å². The molecule has 0 spiro atoms. The van der Waals surface area contributed by atoms with Gasteiger partial charge in [0.25, 0.3) is 0 Å². The molecular weight excluding hydrogens is 274 g/mol. The Kier molecular flexibility index (Phi) is 6.29. The van der Waals surface area contributed by atoms with Gasteiger partial charge in [-0.2, -0.15) is 0 Å². The summed E-state index contributed by atoms with van der Waals surface area (Å²) in [4.78, 5) is 13.6. The lowest BCUT2D eigenvalue weighted by Gasteiger charge is -2.22. The Bertz CT molecular complexity index is 490. The number of aryl methyl sites for hydroxylation is 1. The molecule has 0 unspecified atom stereocenters. The minimum atomic E-state index is 0.114. The molecule has 1 aromatic rings. The van der Waals surface area contributed by atoms with Crippen LogP contribution in [0, 0.1) is 5.92 Å². The zero-order valence-corrected chi connectivity index (χ0v) is 14.2. The van der Waals surface area contributed by atoms with E-state index in [1.165, 1.54) is 44.1 Å². The van der Waals surface area contributed by atoms with Crippen molar-refractivity contribution in [3.05, 3.63) is 29.3 Å². The molecule has 1 amide bonds. The molecule has 2 rings (SSSR count). The first-order valence-corrected chi connectivity index (χ1v) is 8.46. The van der Waals surface area contributed by atoms with E-state index in [0.29, 0.717) is 6.42 Å². The van der Waals surface area contributed by atoms with Crippen LogP contribution in [0.5, 0.6) is 5.75 Å². The molecule has 0 radical (unpaired) electrons. The maximum atomic E-state index is 12.0. The molecule has 0 N–H and O–H groups in total. The molecule has 3 heteroatoms. The first-order valence-electron chi connectivity index (χ1n) is 8.46. The third-order valence-electron chi connectivity index (χ3n) is 4.77. The summed E-state index contributed by atoms with van der Waals surface area (Å²) < 4.78 is 5.63. The molecule has 1 fully saturated rings. The minimum Gasteiger partial charge on any atom is -0.496 e. The number of carbonyl (C=O) groups is 1. The van der Waals surface area contributed by atoms with Gasteiger partial charge < -0.3 is 9.64 Å². The quantitative estimate of drug-likeness (QED) is 0.799. The number of rotatable bonds is 6. The number of likely N-dealkylation sites (N-methyl/N-ethyl adjacent to an activating group) is 1. The first kappa shape index (κ1) is 16.9. The molecule has 22 heavy (non-hydrogen) atoms. The maximum absolute atomic E-state index is 12.0. The number of hydrogen-bond donors (Lipinski definition) is 0. The first-order chi connectivity index (χ1) is 10.6. The maximum Gasteiger partial charge on any atom is 0.226 e. The summed E-state index contributed by atoms with van der Waals surface area (Å²) in [6, 6.07) is 6.20. The lowest BCUT2D eigenvalue weighted by molar-refractivity contribution is -0.127. The van der Waals surface area contributed by atoms with Crippen molar-refractivity contribution in [1.82, 2.24) is 4.90 Å². The zero-order valence-electron chi connectivity index (χ0n) is 14.2. The molecule has 3 nitrogen and oxygen atoms in total. The third-order valence-corrected chi connectivity index (χ3v) is 4.77. The molecule has 0 atom stereocenters. The van der Waals surface area contributed by atoms with E-state index in [1.54, 1.807) is 26.1 Å². The van der Waals surface area contributed by atoms with Gasteiger partial charge in [0.05, 0.1) is 13.5 Å². The summed E-state index contributed by atoms with van der Waals surface area (Å²) >= 11 is 0. The minimum absolute atomic E-state index is 0.114. The van der Waals surface area contributed by atoms with Gasteiger partial charge in [-0.05, 0) is 24.3 Å². The van der Waals surface area contributed by atoms with E-state index in [-0.39, 0.29) is 5.91 Å². The van der Waals surface area contributed by atoms with Crippen molar-refractivity contribution in [2.75, 3.05) is 21.2 Å². The summed E-state index contributed by atoms with van der Waals surface area (Å²) in [6.45, 7) is 0. The molecule has 0 bridgehead atoms. The Morgan fingerprint density at radius 1 is 1.18 bits per heavy atom. The third kappa shape index (κ3) is 4.49. The fraction of sp³-hybridized carbons (Fsp3) is 0.632. The molecule has 0 saturated heterocycles. The molecule has 1 aliphatic rings. The van der Waals surface area contributed by atoms with Gasteiger partial charge in [0.2, 0.25) is 5.91 Å². The van der Waals surface area contributed by atoms with Crippen LogP contribution in [-0.2, 0) is 17.6 Å². The summed E-state index contributed by atoms with van der Waals surface area (Å²) in [6.07, 6.45) is 9.63. The predicted molar refractivity (Wildman–Crippen MR) is 90.3 cm³/mol. The Balaban J connectivity index is 2.05. The van der Waals surface area contributed by atoms with Gasteiger partial charge in [-0.25, -0.2) is 0 Å². The normalized spacial score (nSPS) is 15.6. The second kappa shape index (κ2) is 8.21. The highest BCUT2D eigenvalue weighted by atomic mass is 16.5. The van der Waals surface area contributed by atoms with Gasteiger partial charge >= 0.3 is 0 Å². The van der Waals surface area contributed by atoms with Crippen LogP contribution in [0.1, 0.15) is 49.7 Å². The Morgan fingerprint density at radius 3 is 2.50 bits per heavy atom. The number of amides is 1. The van der Waals surface area contributed by atoms with Gasteiger partial charge in [0.15, 0.2) is 0 Å². The van der Waals surface area contributed by atoms with Crippen LogP contribution in [-0.4, -0.2) is 32.0 Å². The van der Waals surface area contributed by atoms with E-state index >= 15 is 0 Å².